The molecule has 0 saturated carbocycles. The minimum absolute atomic E-state index is 0.0215. The molecule has 1 N–H and O–H groups in total. The van der Waals surface area contributed by atoms with Gasteiger partial charge in [-0.05, 0) is 41.8 Å². The fourth-order valence-electron chi connectivity index (χ4n) is 5.36. The Balaban J connectivity index is 1.29. The normalized spacial score (nSPS) is 14.1. The smallest absolute Gasteiger partial charge is 0.253 e. The second-order valence-electron chi connectivity index (χ2n) is 10.3. The van der Waals surface area contributed by atoms with Crippen LogP contribution < -0.4 is 19.5 Å². The molecular weight excluding hydrogens is 637 g/mol. The molecule has 240 valence electrons. The number of thiophene rings is 1. The van der Waals surface area contributed by atoms with Crippen molar-refractivity contribution in [1.82, 2.24) is 25.1 Å². The van der Waals surface area contributed by atoms with Crippen molar-refractivity contribution in [3.05, 3.63) is 112 Å². The molecule has 13 heteroatoms. The molecule has 0 saturated heterocycles. The van der Waals surface area contributed by atoms with Gasteiger partial charge in [0.15, 0.2) is 22.5 Å². The summed E-state index contributed by atoms with van der Waals surface area (Å²) in [5.41, 5.74) is 2.83. The number of nitrogens with zero attached hydrogens (tertiary/aromatic N) is 5. The Bertz CT molecular complexity index is 1890. The number of ether oxygens (including phenoxy) is 3. The van der Waals surface area contributed by atoms with Gasteiger partial charge in [0.2, 0.25) is 0 Å². The first-order valence-electron chi connectivity index (χ1n) is 14.7. The third kappa shape index (κ3) is 6.71. The molecular formula is C34H32N6O5S2. The fraction of sp³-hybridized carbons (Fsp3) is 0.206. The fourth-order valence-corrected chi connectivity index (χ4v) is 6.89. The predicted octanol–water partition coefficient (Wildman–Crippen LogP) is 5.75. The summed E-state index contributed by atoms with van der Waals surface area (Å²) in [6.45, 7) is 0.103. The largest absolute Gasteiger partial charge is 0.495 e. The molecule has 0 unspecified atom stereocenters. The molecule has 0 radical (unpaired) electrons. The number of aromatic nitrogens is 3. The zero-order valence-corrected chi connectivity index (χ0v) is 27.6. The lowest BCUT2D eigenvalue weighted by atomic mass is 9.99. The number of hydrazone groups is 1. The van der Waals surface area contributed by atoms with Gasteiger partial charge in [-0.2, -0.15) is 5.10 Å². The van der Waals surface area contributed by atoms with Crippen molar-refractivity contribution in [1.29, 1.82) is 0 Å². The van der Waals surface area contributed by atoms with E-state index in [4.69, 9.17) is 19.3 Å². The summed E-state index contributed by atoms with van der Waals surface area (Å²) in [4.78, 5) is 27.8. The molecule has 3 heterocycles. The van der Waals surface area contributed by atoms with Crippen LogP contribution in [0.1, 0.15) is 39.1 Å². The van der Waals surface area contributed by atoms with Gasteiger partial charge in [0.05, 0.1) is 55.9 Å². The third-order valence-electron chi connectivity index (χ3n) is 7.56. The average Bonchev–Trinajstić information content (AvgIpc) is 3.90. The van der Waals surface area contributed by atoms with Gasteiger partial charge >= 0.3 is 0 Å². The highest BCUT2D eigenvalue weighted by Gasteiger charge is 2.36. The summed E-state index contributed by atoms with van der Waals surface area (Å²) in [7, 11) is 4.76. The van der Waals surface area contributed by atoms with E-state index >= 15 is 0 Å². The Hall–Kier alpha value is -5.14. The molecule has 47 heavy (non-hydrogen) atoms. The van der Waals surface area contributed by atoms with Gasteiger partial charge in [-0.25, -0.2) is 5.01 Å². The molecule has 0 bridgehead atoms. The van der Waals surface area contributed by atoms with Gasteiger partial charge in [0.25, 0.3) is 11.8 Å². The van der Waals surface area contributed by atoms with Crippen LogP contribution in [0.25, 0.3) is 5.69 Å². The van der Waals surface area contributed by atoms with Crippen LogP contribution in [-0.4, -0.2) is 64.4 Å². The summed E-state index contributed by atoms with van der Waals surface area (Å²) in [5.74, 6) is 1.77. The second-order valence-corrected chi connectivity index (χ2v) is 12.2. The standard InChI is InChI=1S/C34H32N6O5S2/c1-43-27-15-8-7-14-25(27)39-30(20-35-33(42)22-11-5-4-6-12-22)36-37-34(39)47-21-31(41)40-26(19-24(38-40)29-17-10-18-46-29)23-13-9-16-28(44-2)32(23)45-3/h4-18,26H,19-21H2,1-3H3,(H,35,42)/t26-/m1/s1. The van der Waals surface area contributed by atoms with Crippen molar-refractivity contribution in [2.75, 3.05) is 27.1 Å². The maximum Gasteiger partial charge on any atom is 0.253 e. The zero-order valence-electron chi connectivity index (χ0n) is 26.0. The molecule has 2 aromatic heterocycles. The van der Waals surface area contributed by atoms with E-state index in [1.807, 2.05) is 66.0 Å². The van der Waals surface area contributed by atoms with Gasteiger partial charge in [0.1, 0.15) is 5.75 Å². The molecule has 1 atom stereocenters. The summed E-state index contributed by atoms with van der Waals surface area (Å²) in [5, 5.41) is 20.5. The van der Waals surface area contributed by atoms with Crippen molar-refractivity contribution >= 4 is 40.6 Å². The second kappa shape index (κ2) is 14.5. The highest BCUT2D eigenvalue weighted by atomic mass is 32.2. The average molecular weight is 669 g/mol. The SMILES string of the molecule is COc1ccccc1-n1c(CNC(=O)c2ccccc2)nnc1SCC(=O)N1N=C(c2cccs2)C[C@@H]1c1cccc(OC)c1OC. The van der Waals surface area contributed by atoms with E-state index in [9.17, 15) is 9.59 Å². The van der Waals surface area contributed by atoms with Gasteiger partial charge < -0.3 is 19.5 Å². The van der Waals surface area contributed by atoms with Crippen molar-refractivity contribution in [2.45, 2.75) is 24.2 Å². The zero-order chi connectivity index (χ0) is 32.8. The van der Waals surface area contributed by atoms with E-state index < -0.39 is 6.04 Å². The first kappa shape index (κ1) is 31.8. The number of methoxy groups -OCH3 is 3. The van der Waals surface area contributed by atoms with Crippen LogP contribution in [0.4, 0.5) is 0 Å². The van der Waals surface area contributed by atoms with Crippen LogP contribution in [0.15, 0.2) is 101 Å². The van der Waals surface area contributed by atoms with Crippen LogP contribution in [0.2, 0.25) is 0 Å². The van der Waals surface area contributed by atoms with Crippen LogP contribution in [-0.2, 0) is 11.3 Å². The van der Waals surface area contributed by atoms with E-state index in [-0.39, 0.29) is 24.1 Å². The van der Waals surface area contributed by atoms with E-state index in [0.717, 1.165) is 16.2 Å². The number of hydrogen-bond acceptors (Lipinski definition) is 10. The number of hydrogen-bond donors (Lipinski definition) is 1. The van der Waals surface area contributed by atoms with Gasteiger partial charge in [0, 0.05) is 17.5 Å². The molecule has 0 aliphatic carbocycles. The number of amides is 2. The summed E-state index contributed by atoms with van der Waals surface area (Å²) < 4.78 is 18.7. The van der Waals surface area contributed by atoms with E-state index in [1.54, 1.807) is 61.5 Å². The van der Waals surface area contributed by atoms with Crippen LogP contribution >= 0.6 is 23.1 Å². The van der Waals surface area contributed by atoms with Crippen molar-refractivity contribution in [2.24, 2.45) is 5.10 Å². The van der Waals surface area contributed by atoms with E-state index in [0.29, 0.717) is 45.9 Å². The minimum atomic E-state index is -0.402. The van der Waals surface area contributed by atoms with Crippen LogP contribution in [0, 0.1) is 0 Å². The van der Waals surface area contributed by atoms with Crippen LogP contribution in [0.3, 0.4) is 0 Å². The molecule has 11 nitrogen and oxygen atoms in total. The molecule has 6 rings (SSSR count). The first-order valence-corrected chi connectivity index (χ1v) is 16.6. The monoisotopic (exact) mass is 668 g/mol. The Morgan fingerprint density at radius 2 is 1.66 bits per heavy atom. The summed E-state index contributed by atoms with van der Waals surface area (Å²) >= 11 is 2.80. The molecule has 1 aliphatic rings. The lowest BCUT2D eigenvalue weighted by Gasteiger charge is -2.24. The number of benzene rings is 3. The van der Waals surface area contributed by atoms with Crippen molar-refractivity contribution < 1.29 is 23.8 Å². The number of thioether (sulfide) groups is 1. The minimum Gasteiger partial charge on any atom is -0.495 e. The molecule has 3 aromatic carbocycles. The lowest BCUT2D eigenvalue weighted by molar-refractivity contribution is -0.130. The predicted molar refractivity (Wildman–Crippen MR) is 181 cm³/mol. The molecule has 5 aromatic rings. The first-order chi connectivity index (χ1) is 23.0. The van der Waals surface area contributed by atoms with Crippen LogP contribution in [0.5, 0.6) is 17.2 Å². The van der Waals surface area contributed by atoms with Gasteiger partial charge in [-0.3, -0.25) is 14.2 Å². The molecule has 0 fully saturated rings. The van der Waals surface area contributed by atoms with E-state index in [2.05, 4.69) is 15.5 Å². The van der Waals surface area contributed by atoms with Crippen molar-refractivity contribution in [3.8, 4) is 22.9 Å². The Morgan fingerprint density at radius 3 is 2.40 bits per heavy atom. The Labute approximate surface area is 280 Å². The summed E-state index contributed by atoms with van der Waals surface area (Å²) in [6, 6.07) is 25.6. The number of carbonyl (C=O) groups is 2. The maximum absolute atomic E-state index is 14.0. The highest BCUT2D eigenvalue weighted by Crippen LogP contribution is 2.42. The topological polar surface area (TPSA) is 120 Å². The quantitative estimate of drug-likeness (QED) is 0.167. The summed E-state index contributed by atoms with van der Waals surface area (Å²) in [6.07, 6.45) is 0.517. The molecule has 0 spiro atoms. The number of nitrogens with one attached hydrogen (secondary N) is 1. The third-order valence-corrected chi connectivity index (χ3v) is 9.39. The number of para-hydroxylation sites is 3. The molecule has 1 aliphatic heterocycles. The Morgan fingerprint density at radius 1 is 0.894 bits per heavy atom. The van der Waals surface area contributed by atoms with Crippen molar-refractivity contribution in [3.63, 3.8) is 0 Å². The molecule has 2 amide bonds. The number of rotatable bonds is 12. The Kier molecular flexibility index (Phi) is 9.83. The lowest BCUT2D eigenvalue weighted by Crippen LogP contribution is -2.29. The number of carbonyl (C=O) groups excluding carboxylic acids is 2. The highest BCUT2D eigenvalue weighted by molar-refractivity contribution is 7.99. The van der Waals surface area contributed by atoms with E-state index in [1.165, 1.54) is 16.8 Å². The van der Waals surface area contributed by atoms with Gasteiger partial charge in [-0.1, -0.05) is 60.3 Å². The van der Waals surface area contributed by atoms with Gasteiger partial charge in [-0.15, -0.1) is 21.5 Å². The maximum atomic E-state index is 14.0.